The minimum atomic E-state index is -0.441. The van der Waals surface area contributed by atoms with Gasteiger partial charge in [-0.05, 0) is 40.8 Å². The van der Waals surface area contributed by atoms with Crippen molar-refractivity contribution in [2.24, 2.45) is 4.99 Å². The number of esters is 1. The zero-order valence-electron chi connectivity index (χ0n) is 13.8. The number of thiophene rings is 1. The van der Waals surface area contributed by atoms with E-state index in [1.807, 2.05) is 72.1 Å². The lowest BCUT2D eigenvalue weighted by molar-refractivity contribution is -0.129. The van der Waals surface area contributed by atoms with Gasteiger partial charge in [0, 0.05) is 0 Å². The highest BCUT2D eigenvalue weighted by atomic mass is 32.1. The first-order valence-corrected chi connectivity index (χ1v) is 8.99. The third kappa shape index (κ3) is 3.73. The Kier molecular flexibility index (Phi) is 4.62. The van der Waals surface area contributed by atoms with Gasteiger partial charge in [-0.1, -0.05) is 48.5 Å². The first kappa shape index (κ1) is 16.3. The molecule has 1 aromatic heterocycles. The second kappa shape index (κ2) is 7.37. The predicted octanol–water partition coefficient (Wildman–Crippen LogP) is 4.67. The molecule has 0 saturated carbocycles. The summed E-state index contributed by atoms with van der Waals surface area (Å²) < 4.78 is 11.1. The van der Waals surface area contributed by atoms with E-state index in [0.29, 0.717) is 12.5 Å². The van der Waals surface area contributed by atoms with E-state index in [0.717, 1.165) is 21.8 Å². The number of carbonyl (C=O) groups excluding carboxylic acids is 1. The second-order valence-corrected chi connectivity index (χ2v) is 6.61. The molecule has 4 nitrogen and oxygen atoms in total. The fraction of sp³-hybridized carbons (Fsp3) is 0.0476. The van der Waals surface area contributed by atoms with E-state index in [4.69, 9.17) is 9.47 Å². The van der Waals surface area contributed by atoms with Crippen molar-refractivity contribution in [3.05, 3.63) is 93.8 Å². The lowest BCUT2D eigenvalue weighted by Gasteiger charge is -2.07. The van der Waals surface area contributed by atoms with Gasteiger partial charge in [0.2, 0.25) is 5.90 Å². The summed E-state index contributed by atoms with van der Waals surface area (Å²) in [6, 6.07) is 21.3. The quantitative estimate of drug-likeness (QED) is 0.490. The average Bonchev–Trinajstić information content (AvgIpc) is 3.32. The van der Waals surface area contributed by atoms with Crippen molar-refractivity contribution in [2.75, 3.05) is 0 Å². The van der Waals surface area contributed by atoms with E-state index in [1.54, 1.807) is 6.08 Å². The first-order chi connectivity index (χ1) is 12.8. The predicted molar refractivity (Wildman–Crippen MR) is 102 cm³/mol. The fourth-order valence-electron chi connectivity index (χ4n) is 2.51. The van der Waals surface area contributed by atoms with E-state index in [1.165, 1.54) is 11.3 Å². The number of rotatable bonds is 5. The molecule has 1 aliphatic heterocycles. The minimum absolute atomic E-state index is 0.286. The molecule has 0 unspecified atom stereocenters. The van der Waals surface area contributed by atoms with Crippen LogP contribution in [0.4, 0.5) is 0 Å². The Balaban J connectivity index is 1.51. The standard InChI is InChI=1S/C21H15NO3S/c23-21-18(22-20(25-21)19-10-5-11-26-19)13-16-8-4-9-17(12-16)24-14-15-6-2-1-3-7-15/h1-13H,14H2. The molecule has 0 bridgehead atoms. The van der Waals surface area contributed by atoms with Gasteiger partial charge in [-0.2, -0.15) is 0 Å². The normalized spacial score (nSPS) is 15.0. The van der Waals surface area contributed by atoms with Crippen LogP contribution in [0.1, 0.15) is 16.0 Å². The summed E-state index contributed by atoms with van der Waals surface area (Å²) in [7, 11) is 0. The lowest BCUT2D eigenvalue weighted by atomic mass is 10.2. The van der Waals surface area contributed by atoms with E-state index in [2.05, 4.69) is 4.99 Å². The Morgan fingerprint density at radius 3 is 2.73 bits per heavy atom. The minimum Gasteiger partial charge on any atom is -0.489 e. The molecular formula is C21H15NO3S. The largest absolute Gasteiger partial charge is 0.489 e. The van der Waals surface area contributed by atoms with Gasteiger partial charge < -0.3 is 9.47 Å². The van der Waals surface area contributed by atoms with Crippen molar-refractivity contribution in [1.82, 2.24) is 0 Å². The Bertz CT molecular complexity index is 976. The fourth-order valence-corrected chi connectivity index (χ4v) is 3.16. The highest BCUT2D eigenvalue weighted by Crippen LogP contribution is 2.23. The molecule has 0 saturated heterocycles. The summed E-state index contributed by atoms with van der Waals surface area (Å²) in [6.07, 6.45) is 1.71. The zero-order chi connectivity index (χ0) is 17.8. The molecule has 0 fully saturated rings. The van der Waals surface area contributed by atoms with Crippen LogP contribution in [0.15, 0.2) is 82.8 Å². The SMILES string of the molecule is O=C1OC(c2cccs2)=NC1=Cc1cccc(OCc2ccccc2)c1. The van der Waals surface area contributed by atoms with Gasteiger partial charge in [-0.3, -0.25) is 0 Å². The monoisotopic (exact) mass is 361 g/mol. The molecule has 2 heterocycles. The van der Waals surface area contributed by atoms with E-state index >= 15 is 0 Å². The number of cyclic esters (lactones) is 1. The smallest absolute Gasteiger partial charge is 0.363 e. The van der Waals surface area contributed by atoms with Crippen molar-refractivity contribution in [2.45, 2.75) is 6.61 Å². The maximum absolute atomic E-state index is 12.0. The molecule has 128 valence electrons. The van der Waals surface area contributed by atoms with Crippen LogP contribution in [-0.2, 0) is 16.1 Å². The lowest BCUT2D eigenvalue weighted by Crippen LogP contribution is -2.03. The molecule has 3 aromatic rings. The highest BCUT2D eigenvalue weighted by molar-refractivity contribution is 7.12. The number of carbonyl (C=O) groups is 1. The van der Waals surface area contributed by atoms with Crippen LogP contribution >= 0.6 is 11.3 Å². The van der Waals surface area contributed by atoms with Crippen molar-refractivity contribution in [3.63, 3.8) is 0 Å². The third-order valence-corrected chi connectivity index (χ3v) is 4.62. The molecule has 1 aliphatic rings. The van der Waals surface area contributed by atoms with Crippen molar-refractivity contribution in [3.8, 4) is 5.75 Å². The zero-order valence-corrected chi connectivity index (χ0v) is 14.6. The molecule has 0 atom stereocenters. The van der Waals surface area contributed by atoms with Crippen molar-refractivity contribution in [1.29, 1.82) is 0 Å². The molecule has 2 aromatic carbocycles. The topological polar surface area (TPSA) is 47.9 Å². The van der Waals surface area contributed by atoms with Crippen LogP contribution < -0.4 is 4.74 Å². The van der Waals surface area contributed by atoms with E-state index in [9.17, 15) is 4.79 Å². The summed E-state index contributed by atoms with van der Waals surface area (Å²) >= 11 is 1.48. The molecule has 0 aliphatic carbocycles. The summed E-state index contributed by atoms with van der Waals surface area (Å²) in [5.74, 6) is 0.647. The molecule has 0 amide bonds. The number of hydrogen-bond acceptors (Lipinski definition) is 5. The van der Waals surface area contributed by atoms with Gasteiger partial charge in [-0.15, -0.1) is 11.3 Å². The number of aliphatic imine (C=N–C) groups is 1. The van der Waals surface area contributed by atoms with Gasteiger partial charge in [0.25, 0.3) is 0 Å². The second-order valence-electron chi connectivity index (χ2n) is 5.66. The van der Waals surface area contributed by atoms with Gasteiger partial charge in [0.1, 0.15) is 12.4 Å². The number of nitrogens with zero attached hydrogens (tertiary/aromatic N) is 1. The van der Waals surface area contributed by atoms with Crippen LogP contribution in [0, 0.1) is 0 Å². The molecule has 5 heteroatoms. The Morgan fingerprint density at radius 2 is 1.92 bits per heavy atom. The number of ether oxygens (including phenoxy) is 2. The highest BCUT2D eigenvalue weighted by Gasteiger charge is 2.24. The van der Waals surface area contributed by atoms with E-state index < -0.39 is 5.97 Å². The van der Waals surface area contributed by atoms with Crippen LogP contribution in [0.2, 0.25) is 0 Å². The molecular weight excluding hydrogens is 346 g/mol. The van der Waals surface area contributed by atoms with Gasteiger partial charge in [0.15, 0.2) is 5.70 Å². The molecule has 0 radical (unpaired) electrons. The number of hydrogen-bond donors (Lipinski definition) is 0. The molecule has 0 N–H and O–H groups in total. The Morgan fingerprint density at radius 1 is 1.04 bits per heavy atom. The van der Waals surface area contributed by atoms with Gasteiger partial charge >= 0.3 is 5.97 Å². The summed E-state index contributed by atoms with van der Waals surface area (Å²) in [6.45, 7) is 0.490. The van der Waals surface area contributed by atoms with Crippen molar-refractivity contribution >= 4 is 29.3 Å². The average molecular weight is 361 g/mol. The Hall–Kier alpha value is -3.18. The van der Waals surface area contributed by atoms with E-state index in [-0.39, 0.29) is 5.70 Å². The molecule has 0 spiro atoms. The molecule has 26 heavy (non-hydrogen) atoms. The number of benzene rings is 2. The Labute approximate surface area is 155 Å². The van der Waals surface area contributed by atoms with Crippen molar-refractivity contribution < 1.29 is 14.3 Å². The third-order valence-electron chi connectivity index (χ3n) is 3.76. The summed E-state index contributed by atoms with van der Waals surface area (Å²) in [5, 5.41) is 1.92. The summed E-state index contributed by atoms with van der Waals surface area (Å²) in [5.41, 5.74) is 2.22. The summed E-state index contributed by atoms with van der Waals surface area (Å²) in [4.78, 5) is 17.2. The van der Waals surface area contributed by atoms with Gasteiger partial charge in [-0.25, -0.2) is 9.79 Å². The first-order valence-electron chi connectivity index (χ1n) is 8.11. The van der Waals surface area contributed by atoms with Crippen LogP contribution in [-0.4, -0.2) is 11.9 Å². The van der Waals surface area contributed by atoms with Crippen LogP contribution in [0.5, 0.6) is 5.75 Å². The maximum atomic E-state index is 12.0. The van der Waals surface area contributed by atoms with Crippen LogP contribution in [0.25, 0.3) is 6.08 Å². The van der Waals surface area contributed by atoms with Gasteiger partial charge in [0.05, 0.1) is 4.88 Å². The maximum Gasteiger partial charge on any atom is 0.363 e. The molecule has 4 rings (SSSR count). The van der Waals surface area contributed by atoms with Crippen LogP contribution in [0.3, 0.4) is 0 Å².